The van der Waals surface area contributed by atoms with E-state index < -0.39 is 0 Å². The summed E-state index contributed by atoms with van der Waals surface area (Å²) >= 11 is 1.68. The van der Waals surface area contributed by atoms with Crippen LogP contribution in [0.25, 0.3) is 31.7 Å². The Kier molecular flexibility index (Phi) is 5.23. The Balaban J connectivity index is 1.72. The number of fused-ring (bicyclic) bond motifs is 3. The highest BCUT2D eigenvalue weighted by atomic mass is 32.1. The van der Waals surface area contributed by atoms with Crippen LogP contribution in [0.5, 0.6) is 6.01 Å². The number of rotatable bonds is 5. The third kappa shape index (κ3) is 3.48. The van der Waals surface area contributed by atoms with Crippen molar-refractivity contribution in [1.29, 1.82) is 0 Å². The summed E-state index contributed by atoms with van der Waals surface area (Å²) in [5.74, 6) is 0.969. The maximum Gasteiger partial charge on any atom is 0.319 e. The number of thiophene rings is 1. The number of nitrogens with zero attached hydrogens (tertiary/aromatic N) is 4. The second kappa shape index (κ2) is 8.16. The molecule has 30 heavy (non-hydrogen) atoms. The first kappa shape index (κ1) is 19.2. The number of aryl methyl sites for hydroxylation is 1. The third-order valence-electron chi connectivity index (χ3n) is 5.37. The van der Waals surface area contributed by atoms with Crippen LogP contribution < -0.4 is 15.0 Å². The summed E-state index contributed by atoms with van der Waals surface area (Å²) < 4.78 is 6.96. The van der Waals surface area contributed by atoms with Gasteiger partial charge in [0.15, 0.2) is 5.82 Å². The third-order valence-corrected chi connectivity index (χ3v) is 6.44. The van der Waals surface area contributed by atoms with Crippen LogP contribution in [-0.4, -0.2) is 47.7 Å². The van der Waals surface area contributed by atoms with Crippen molar-refractivity contribution >= 4 is 37.6 Å². The topological polar surface area (TPSA) is 63.2 Å². The molecule has 0 unspecified atom stereocenters. The molecule has 1 fully saturated rings. The number of nitrogens with one attached hydrogen (secondary N) is 1. The minimum atomic E-state index is 0.462. The Morgan fingerprint density at radius 3 is 2.67 bits per heavy atom. The van der Waals surface area contributed by atoms with Crippen molar-refractivity contribution in [2.24, 2.45) is 0 Å². The highest BCUT2D eigenvalue weighted by molar-refractivity contribution is 7.26. The molecule has 0 amide bonds. The first-order valence-corrected chi connectivity index (χ1v) is 11.3. The van der Waals surface area contributed by atoms with Gasteiger partial charge < -0.3 is 15.0 Å². The Labute approximate surface area is 179 Å². The average Bonchev–Trinajstić information content (AvgIpc) is 3.17. The minimum Gasteiger partial charge on any atom is -0.463 e. The van der Waals surface area contributed by atoms with Crippen molar-refractivity contribution in [3.8, 4) is 17.3 Å². The molecule has 1 saturated heterocycles. The molecule has 1 aliphatic rings. The van der Waals surface area contributed by atoms with Gasteiger partial charge in [-0.25, -0.2) is 4.98 Å². The van der Waals surface area contributed by atoms with Crippen molar-refractivity contribution in [3.05, 3.63) is 42.0 Å². The monoisotopic (exact) mass is 419 g/mol. The number of benzene rings is 1. The fraction of sp³-hybridized carbons (Fsp3) is 0.348. The number of hydrogen-bond donors (Lipinski definition) is 1. The van der Waals surface area contributed by atoms with Crippen LogP contribution in [0.15, 0.2) is 36.4 Å². The molecule has 1 aromatic carbocycles. The number of piperazine rings is 1. The van der Waals surface area contributed by atoms with E-state index in [1.165, 1.54) is 5.56 Å². The summed E-state index contributed by atoms with van der Waals surface area (Å²) in [5.41, 5.74) is 4.25. The van der Waals surface area contributed by atoms with Crippen molar-refractivity contribution in [2.45, 2.75) is 20.3 Å². The van der Waals surface area contributed by atoms with Crippen LogP contribution in [0.3, 0.4) is 0 Å². The summed E-state index contributed by atoms with van der Waals surface area (Å²) in [6, 6.07) is 12.9. The number of ether oxygens (including phenoxy) is 1. The second-order valence-electron chi connectivity index (χ2n) is 7.57. The van der Waals surface area contributed by atoms with Gasteiger partial charge in [0, 0.05) is 37.1 Å². The predicted octanol–water partition coefficient (Wildman–Crippen LogP) is 4.41. The Bertz CT molecular complexity index is 1180. The number of aromatic nitrogens is 3. The smallest absolute Gasteiger partial charge is 0.319 e. The molecular weight excluding hydrogens is 394 g/mol. The largest absolute Gasteiger partial charge is 0.463 e. The molecular formula is C23H25N5OS. The molecule has 3 aromatic heterocycles. The zero-order chi connectivity index (χ0) is 20.5. The molecule has 7 heteroatoms. The van der Waals surface area contributed by atoms with Gasteiger partial charge in [0.05, 0.1) is 17.0 Å². The predicted molar refractivity (Wildman–Crippen MR) is 124 cm³/mol. The van der Waals surface area contributed by atoms with Gasteiger partial charge in [0.2, 0.25) is 0 Å². The standard InChI is InChI=1S/C23H25N5OS/c1-3-13-29-23-26-19-18-15(2)14-17(16-7-5-4-6-8-16)25-22(18)30-20(19)21(27-23)28-11-9-24-10-12-28/h4-8,14,24H,3,9-13H2,1-2H3. The van der Waals surface area contributed by atoms with Gasteiger partial charge in [-0.2, -0.15) is 9.97 Å². The highest BCUT2D eigenvalue weighted by Crippen LogP contribution is 2.40. The molecule has 5 rings (SSSR count). The number of hydrogen-bond acceptors (Lipinski definition) is 7. The van der Waals surface area contributed by atoms with E-state index in [2.05, 4.69) is 42.3 Å². The maximum absolute atomic E-state index is 5.87. The Hall–Kier alpha value is -2.77. The first-order valence-electron chi connectivity index (χ1n) is 10.5. The van der Waals surface area contributed by atoms with Crippen LogP contribution in [-0.2, 0) is 0 Å². The van der Waals surface area contributed by atoms with Gasteiger partial charge in [-0.05, 0) is 25.0 Å². The molecule has 0 radical (unpaired) electrons. The molecule has 4 aromatic rings. The van der Waals surface area contributed by atoms with E-state index in [-0.39, 0.29) is 0 Å². The molecule has 0 bridgehead atoms. The van der Waals surface area contributed by atoms with Crippen LogP contribution in [0.1, 0.15) is 18.9 Å². The molecule has 1 N–H and O–H groups in total. The van der Waals surface area contributed by atoms with Gasteiger partial charge in [0.25, 0.3) is 0 Å². The van der Waals surface area contributed by atoms with E-state index in [0.29, 0.717) is 12.6 Å². The fourth-order valence-electron chi connectivity index (χ4n) is 3.89. The summed E-state index contributed by atoms with van der Waals surface area (Å²) in [7, 11) is 0. The quantitative estimate of drug-likeness (QED) is 0.517. The van der Waals surface area contributed by atoms with Crippen molar-refractivity contribution < 1.29 is 4.74 Å². The lowest BCUT2D eigenvalue weighted by molar-refractivity contribution is 0.293. The molecule has 0 aliphatic carbocycles. The molecule has 6 nitrogen and oxygen atoms in total. The molecule has 1 aliphatic heterocycles. The van der Waals surface area contributed by atoms with E-state index in [9.17, 15) is 0 Å². The summed E-state index contributed by atoms with van der Waals surface area (Å²) in [5, 5.41) is 4.52. The lowest BCUT2D eigenvalue weighted by Crippen LogP contribution is -2.44. The number of anilines is 1. The normalized spacial score (nSPS) is 14.5. The van der Waals surface area contributed by atoms with Gasteiger partial charge in [-0.3, -0.25) is 0 Å². The van der Waals surface area contributed by atoms with E-state index in [1.54, 1.807) is 11.3 Å². The molecule has 154 valence electrons. The highest BCUT2D eigenvalue weighted by Gasteiger charge is 2.22. The number of pyridine rings is 1. The fourth-order valence-corrected chi connectivity index (χ4v) is 5.10. The van der Waals surface area contributed by atoms with Crippen molar-refractivity contribution in [2.75, 3.05) is 37.7 Å². The molecule has 0 spiro atoms. The van der Waals surface area contributed by atoms with E-state index in [0.717, 1.165) is 70.1 Å². The Morgan fingerprint density at radius 2 is 1.90 bits per heavy atom. The van der Waals surface area contributed by atoms with Gasteiger partial charge in [0.1, 0.15) is 10.3 Å². The van der Waals surface area contributed by atoms with Crippen molar-refractivity contribution in [3.63, 3.8) is 0 Å². The van der Waals surface area contributed by atoms with E-state index in [1.807, 2.05) is 18.2 Å². The Morgan fingerprint density at radius 1 is 1.10 bits per heavy atom. The maximum atomic E-state index is 5.87. The average molecular weight is 420 g/mol. The zero-order valence-corrected chi connectivity index (χ0v) is 18.1. The molecule has 0 atom stereocenters. The van der Waals surface area contributed by atoms with Crippen LogP contribution >= 0.6 is 11.3 Å². The van der Waals surface area contributed by atoms with Crippen LogP contribution in [0.4, 0.5) is 5.82 Å². The lowest BCUT2D eigenvalue weighted by atomic mass is 10.1. The summed E-state index contributed by atoms with van der Waals surface area (Å²) in [6.45, 7) is 8.61. The van der Waals surface area contributed by atoms with Crippen LogP contribution in [0, 0.1) is 6.92 Å². The van der Waals surface area contributed by atoms with E-state index >= 15 is 0 Å². The zero-order valence-electron chi connectivity index (χ0n) is 17.3. The van der Waals surface area contributed by atoms with Gasteiger partial charge in [-0.15, -0.1) is 11.3 Å². The SMILES string of the molecule is CCCOc1nc(N2CCNCC2)c2sc3nc(-c4ccccc4)cc(C)c3c2n1. The van der Waals surface area contributed by atoms with E-state index in [4.69, 9.17) is 19.7 Å². The van der Waals surface area contributed by atoms with Gasteiger partial charge >= 0.3 is 6.01 Å². The summed E-state index contributed by atoms with van der Waals surface area (Å²) in [4.78, 5) is 18.0. The molecule has 0 saturated carbocycles. The van der Waals surface area contributed by atoms with Crippen molar-refractivity contribution in [1.82, 2.24) is 20.3 Å². The molecule has 4 heterocycles. The minimum absolute atomic E-state index is 0.462. The van der Waals surface area contributed by atoms with Gasteiger partial charge in [-0.1, -0.05) is 37.3 Å². The first-order chi connectivity index (χ1) is 14.7. The second-order valence-corrected chi connectivity index (χ2v) is 8.56. The lowest BCUT2D eigenvalue weighted by Gasteiger charge is -2.28. The summed E-state index contributed by atoms with van der Waals surface area (Å²) in [6.07, 6.45) is 0.926. The van der Waals surface area contributed by atoms with Crippen LogP contribution in [0.2, 0.25) is 0 Å².